The number of rotatable bonds is 4. The molecular weight excluding hydrogens is 312 g/mol. The van der Waals surface area contributed by atoms with Crippen molar-refractivity contribution in [2.24, 2.45) is 0 Å². The van der Waals surface area contributed by atoms with Crippen LogP contribution in [0, 0.1) is 6.92 Å². The van der Waals surface area contributed by atoms with Crippen LogP contribution >= 0.6 is 0 Å². The van der Waals surface area contributed by atoms with Gasteiger partial charge < -0.3 is 19.6 Å². The number of carboxylic acids is 1. The number of carboxylic acid groups (broad SMARTS) is 1. The SMILES string of the molecule is Cc1ccc2c(c1)N(CCC(=O)N1CCC[C@@H]1C(=O)O)C(=O)CO2. The number of carbonyl (C=O) groups excluding carboxylic acids is 2. The summed E-state index contributed by atoms with van der Waals surface area (Å²) in [5, 5.41) is 9.18. The standard InChI is InChI=1S/C17H20N2O5/c1-11-4-5-14-13(9-11)19(16(21)10-24-14)8-6-15(20)18-7-2-3-12(18)17(22)23/h4-5,9,12H,2-3,6-8,10H2,1H3,(H,22,23)/t12-/m1/s1. The molecule has 0 saturated carbocycles. The normalized spacial score (nSPS) is 19.9. The highest BCUT2D eigenvalue weighted by atomic mass is 16.5. The minimum Gasteiger partial charge on any atom is -0.482 e. The number of fused-ring (bicyclic) bond motifs is 1. The molecule has 1 N–H and O–H groups in total. The molecule has 2 amide bonds. The summed E-state index contributed by atoms with van der Waals surface area (Å²) in [6.45, 7) is 2.55. The lowest BCUT2D eigenvalue weighted by Crippen LogP contribution is -2.44. The highest BCUT2D eigenvalue weighted by Crippen LogP contribution is 2.33. The Bertz CT molecular complexity index is 688. The molecule has 0 aromatic heterocycles. The van der Waals surface area contributed by atoms with Gasteiger partial charge in [0.25, 0.3) is 5.91 Å². The second-order valence-corrected chi connectivity index (χ2v) is 6.14. The van der Waals surface area contributed by atoms with Gasteiger partial charge in [0.1, 0.15) is 11.8 Å². The van der Waals surface area contributed by atoms with Crippen LogP contribution in [0.3, 0.4) is 0 Å². The van der Waals surface area contributed by atoms with Gasteiger partial charge in [-0.05, 0) is 37.5 Å². The van der Waals surface area contributed by atoms with Crippen molar-refractivity contribution in [3.05, 3.63) is 23.8 Å². The van der Waals surface area contributed by atoms with E-state index in [4.69, 9.17) is 4.74 Å². The Labute approximate surface area is 139 Å². The topological polar surface area (TPSA) is 87.2 Å². The predicted molar refractivity (Wildman–Crippen MR) is 86.0 cm³/mol. The van der Waals surface area contributed by atoms with Crippen LogP contribution in [0.5, 0.6) is 5.75 Å². The highest BCUT2D eigenvalue weighted by Gasteiger charge is 2.34. The van der Waals surface area contributed by atoms with Crippen LogP contribution in [-0.4, -0.2) is 53.5 Å². The Balaban J connectivity index is 1.70. The monoisotopic (exact) mass is 332 g/mol. The lowest BCUT2D eigenvalue weighted by molar-refractivity contribution is -0.148. The van der Waals surface area contributed by atoms with Gasteiger partial charge in [0.15, 0.2) is 6.61 Å². The Morgan fingerprint density at radius 3 is 2.92 bits per heavy atom. The number of hydrogen-bond acceptors (Lipinski definition) is 4. The molecule has 7 heteroatoms. The summed E-state index contributed by atoms with van der Waals surface area (Å²) in [5.41, 5.74) is 1.66. The summed E-state index contributed by atoms with van der Waals surface area (Å²) in [6.07, 6.45) is 1.28. The van der Waals surface area contributed by atoms with Crippen molar-refractivity contribution in [2.75, 3.05) is 24.6 Å². The number of nitrogens with zero attached hydrogens (tertiary/aromatic N) is 2. The molecule has 24 heavy (non-hydrogen) atoms. The third kappa shape index (κ3) is 3.06. The molecule has 1 fully saturated rings. The average Bonchev–Trinajstić information content (AvgIpc) is 3.03. The van der Waals surface area contributed by atoms with Crippen molar-refractivity contribution >= 4 is 23.5 Å². The first-order valence-electron chi connectivity index (χ1n) is 8.03. The second kappa shape index (κ2) is 6.51. The quantitative estimate of drug-likeness (QED) is 0.895. The Morgan fingerprint density at radius 1 is 1.38 bits per heavy atom. The Hall–Kier alpha value is -2.57. The van der Waals surface area contributed by atoms with E-state index >= 15 is 0 Å². The summed E-state index contributed by atoms with van der Waals surface area (Å²) in [4.78, 5) is 38.7. The lowest BCUT2D eigenvalue weighted by atomic mass is 10.1. The molecule has 0 bridgehead atoms. The number of anilines is 1. The van der Waals surface area contributed by atoms with Crippen molar-refractivity contribution < 1.29 is 24.2 Å². The first-order valence-corrected chi connectivity index (χ1v) is 8.03. The molecule has 2 heterocycles. The fourth-order valence-electron chi connectivity index (χ4n) is 3.23. The molecule has 3 rings (SSSR count). The van der Waals surface area contributed by atoms with E-state index in [1.54, 1.807) is 4.90 Å². The maximum atomic E-state index is 12.4. The van der Waals surface area contributed by atoms with E-state index in [1.165, 1.54) is 4.90 Å². The van der Waals surface area contributed by atoms with Crippen LogP contribution < -0.4 is 9.64 Å². The number of benzene rings is 1. The van der Waals surface area contributed by atoms with E-state index in [9.17, 15) is 19.5 Å². The van der Waals surface area contributed by atoms with Gasteiger partial charge in [-0.3, -0.25) is 9.59 Å². The van der Waals surface area contributed by atoms with E-state index < -0.39 is 12.0 Å². The van der Waals surface area contributed by atoms with Crippen molar-refractivity contribution in [3.63, 3.8) is 0 Å². The first kappa shape index (κ1) is 16.3. The zero-order valence-electron chi connectivity index (χ0n) is 13.5. The zero-order valence-corrected chi connectivity index (χ0v) is 13.5. The summed E-state index contributed by atoms with van der Waals surface area (Å²) in [7, 11) is 0. The maximum absolute atomic E-state index is 12.4. The van der Waals surface area contributed by atoms with E-state index in [0.29, 0.717) is 30.8 Å². The molecule has 0 aliphatic carbocycles. The number of hydrogen-bond donors (Lipinski definition) is 1. The molecule has 1 saturated heterocycles. The van der Waals surface area contributed by atoms with Gasteiger partial charge in [-0.25, -0.2) is 4.79 Å². The molecule has 0 unspecified atom stereocenters. The molecule has 1 aromatic carbocycles. The molecule has 2 aliphatic heterocycles. The Kier molecular flexibility index (Phi) is 4.42. The maximum Gasteiger partial charge on any atom is 0.326 e. The molecule has 128 valence electrons. The molecule has 7 nitrogen and oxygen atoms in total. The van der Waals surface area contributed by atoms with E-state index in [0.717, 1.165) is 5.56 Å². The van der Waals surface area contributed by atoms with Gasteiger partial charge in [0.2, 0.25) is 5.91 Å². The summed E-state index contributed by atoms with van der Waals surface area (Å²) >= 11 is 0. The van der Waals surface area contributed by atoms with Gasteiger partial charge in [0, 0.05) is 19.5 Å². The fraction of sp³-hybridized carbons (Fsp3) is 0.471. The summed E-state index contributed by atoms with van der Waals surface area (Å²) in [5.74, 6) is -0.771. The largest absolute Gasteiger partial charge is 0.482 e. The van der Waals surface area contributed by atoms with Crippen LogP contribution in [-0.2, 0) is 14.4 Å². The van der Waals surface area contributed by atoms with Crippen molar-refractivity contribution in [2.45, 2.75) is 32.2 Å². The minimum atomic E-state index is -0.968. The van der Waals surface area contributed by atoms with Gasteiger partial charge >= 0.3 is 5.97 Å². The van der Waals surface area contributed by atoms with Crippen molar-refractivity contribution in [1.29, 1.82) is 0 Å². The van der Waals surface area contributed by atoms with Gasteiger partial charge in [0.05, 0.1) is 5.69 Å². The zero-order chi connectivity index (χ0) is 17.3. The third-order valence-electron chi connectivity index (χ3n) is 4.46. The molecule has 0 radical (unpaired) electrons. The van der Waals surface area contributed by atoms with Gasteiger partial charge in [-0.15, -0.1) is 0 Å². The molecule has 0 spiro atoms. The number of amides is 2. The number of ether oxygens (including phenoxy) is 1. The van der Waals surface area contributed by atoms with Crippen molar-refractivity contribution in [3.8, 4) is 5.75 Å². The number of likely N-dealkylation sites (tertiary alicyclic amines) is 1. The molecule has 2 aliphatic rings. The summed E-state index contributed by atoms with van der Waals surface area (Å²) in [6, 6.07) is 4.83. The molecular formula is C17H20N2O5. The minimum absolute atomic E-state index is 0.0499. The van der Waals surface area contributed by atoms with Crippen LogP contribution in [0.15, 0.2) is 18.2 Å². The van der Waals surface area contributed by atoms with Gasteiger partial charge in [-0.1, -0.05) is 6.07 Å². The highest BCUT2D eigenvalue weighted by molar-refractivity contribution is 5.98. The van der Waals surface area contributed by atoms with Crippen LogP contribution in [0.1, 0.15) is 24.8 Å². The lowest BCUT2D eigenvalue weighted by Gasteiger charge is -2.30. The van der Waals surface area contributed by atoms with E-state index in [1.807, 2.05) is 25.1 Å². The molecule has 1 atom stereocenters. The molecule has 1 aromatic rings. The number of aryl methyl sites for hydroxylation is 1. The smallest absolute Gasteiger partial charge is 0.326 e. The van der Waals surface area contributed by atoms with Gasteiger partial charge in [-0.2, -0.15) is 0 Å². The predicted octanol–water partition coefficient (Wildman–Crippen LogP) is 1.19. The second-order valence-electron chi connectivity index (χ2n) is 6.14. The van der Waals surface area contributed by atoms with Crippen LogP contribution in [0.25, 0.3) is 0 Å². The van der Waals surface area contributed by atoms with E-state index in [-0.39, 0.29) is 31.4 Å². The average molecular weight is 332 g/mol. The van der Waals surface area contributed by atoms with Crippen LogP contribution in [0.4, 0.5) is 5.69 Å². The first-order chi connectivity index (χ1) is 11.5. The number of aliphatic carboxylic acids is 1. The van der Waals surface area contributed by atoms with Crippen molar-refractivity contribution in [1.82, 2.24) is 4.90 Å². The third-order valence-corrected chi connectivity index (χ3v) is 4.46. The van der Waals surface area contributed by atoms with Crippen LogP contribution in [0.2, 0.25) is 0 Å². The fourth-order valence-corrected chi connectivity index (χ4v) is 3.23. The summed E-state index contributed by atoms with van der Waals surface area (Å²) < 4.78 is 5.41. The van der Waals surface area contributed by atoms with E-state index in [2.05, 4.69) is 0 Å². The number of carbonyl (C=O) groups is 3. The Morgan fingerprint density at radius 2 is 2.17 bits per heavy atom.